The normalized spacial score (nSPS) is 9.50. The van der Waals surface area contributed by atoms with Gasteiger partial charge in [0.25, 0.3) is 0 Å². The number of pyridine rings is 1. The molecule has 2 rings (SSSR count). The molecule has 0 radical (unpaired) electrons. The zero-order valence-corrected chi connectivity index (χ0v) is 11.2. The molecule has 0 atom stereocenters. The van der Waals surface area contributed by atoms with E-state index >= 15 is 0 Å². The molecule has 96 valence electrons. The van der Waals surface area contributed by atoms with Crippen LogP contribution < -0.4 is 5.32 Å². The number of hydrogen-bond donors (Lipinski definition) is 1. The molecular formula is C15H20N2O. The number of amides is 1. The van der Waals surface area contributed by atoms with Crippen LogP contribution in [-0.2, 0) is 11.2 Å². The molecule has 1 aromatic carbocycles. The minimum Gasteiger partial charge on any atom is -0.356 e. The van der Waals surface area contributed by atoms with Crippen molar-refractivity contribution in [2.75, 3.05) is 6.54 Å². The Morgan fingerprint density at radius 2 is 1.94 bits per heavy atom. The Morgan fingerprint density at radius 3 is 2.67 bits per heavy atom. The van der Waals surface area contributed by atoms with Crippen LogP contribution in [0.1, 0.15) is 26.3 Å². The van der Waals surface area contributed by atoms with Crippen LogP contribution >= 0.6 is 0 Å². The average Bonchev–Trinajstić information content (AvgIpc) is 2.42. The summed E-state index contributed by atoms with van der Waals surface area (Å²) in [7, 11) is 0. The van der Waals surface area contributed by atoms with Gasteiger partial charge in [-0.25, -0.2) is 0 Å². The fourth-order valence-corrected chi connectivity index (χ4v) is 1.74. The van der Waals surface area contributed by atoms with Gasteiger partial charge in [-0.1, -0.05) is 32.0 Å². The quantitative estimate of drug-likeness (QED) is 0.902. The highest BCUT2D eigenvalue weighted by Gasteiger charge is 2.05. The van der Waals surface area contributed by atoms with Crippen molar-refractivity contribution in [2.45, 2.75) is 27.2 Å². The van der Waals surface area contributed by atoms with Crippen LogP contribution in [0.15, 0.2) is 36.5 Å². The molecule has 1 N–H and O–H groups in total. The van der Waals surface area contributed by atoms with Gasteiger partial charge in [0.15, 0.2) is 0 Å². The van der Waals surface area contributed by atoms with Crippen molar-refractivity contribution >= 4 is 16.8 Å². The second-order valence-corrected chi connectivity index (χ2v) is 3.62. The van der Waals surface area contributed by atoms with Crippen LogP contribution in [0.25, 0.3) is 10.9 Å². The van der Waals surface area contributed by atoms with Gasteiger partial charge >= 0.3 is 0 Å². The van der Waals surface area contributed by atoms with E-state index in [4.69, 9.17) is 0 Å². The first kappa shape index (κ1) is 14.2. The van der Waals surface area contributed by atoms with Crippen molar-refractivity contribution in [3.05, 3.63) is 42.1 Å². The monoisotopic (exact) mass is 244 g/mol. The highest BCUT2D eigenvalue weighted by Crippen LogP contribution is 2.16. The van der Waals surface area contributed by atoms with Gasteiger partial charge in [0.1, 0.15) is 0 Å². The lowest BCUT2D eigenvalue weighted by Crippen LogP contribution is -2.24. The van der Waals surface area contributed by atoms with Crippen LogP contribution in [0, 0.1) is 0 Å². The number of benzene rings is 1. The largest absolute Gasteiger partial charge is 0.356 e. The van der Waals surface area contributed by atoms with E-state index in [1.807, 2.05) is 51.1 Å². The summed E-state index contributed by atoms with van der Waals surface area (Å²) in [5.74, 6) is 0.0545. The summed E-state index contributed by atoms with van der Waals surface area (Å²) in [5.41, 5.74) is 1.96. The molecule has 0 saturated heterocycles. The molecule has 2 aromatic rings. The Kier molecular flexibility index (Phi) is 5.85. The van der Waals surface area contributed by atoms with E-state index in [2.05, 4.69) is 10.3 Å². The van der Waals surface area contributed by atoms with E-state index in [0.29, 0.717) is 13.0 Å². The van der Waals surface area contributed by atoms with Crippen LogP contribution in [0.4, 0.5) is 0 Å². The van der Waals surface area contributed by atoms with Gasteiger partial charge in [-0.15, -0.1) is 0 Å². The summed E-state index contributed by atoms with van der Waals surface area (Å²) in [6.07, 6.45) is 2.16. The van der Waals surface area contributed by atoms with E-state index in [9.17, 15) is 4.79 Å². The number of nitrogens with one attached hydrogen (secondary N) is 1. The Morgan fingerprint density at radius 1 is 1.22 bits per heavy atom. The van der Waals surface area contributed by atoms with Crippen LogP contribution in [0.5, 0.6) is 0 Å². The maximum atomic E-state index is 11.5. The highest BCUT2D eigenvalue weighted by atomic mass is 16.1. The summed E-state index contributed by atoms with van der Waals surface area (Å²) in [6.45, 7) is 6.59. The molecule has 0 bridgehead atoms. The minimum absolute atomic E-state index is 0.0545. The lowest BCUT2D eigenvalue weighted by Gasteiger charge is -2.05. The molecule has 0 saturated carbocycles. The smallest absolute Gasteiger partial charge is 0.224 e. The number of aromatic nitrogens is 1. The fraction of sp³-hybridized carbons (Fsp3) is 0.333. The topological polar surface area (TPSA) is 42.0 Å². The zero-order valence-electron chi connectivity index (χ0n) is 11.2. The number of carbonyl (C=O) groups is 1. The molecule has 1 amide bonds. The second kappa shape index (κ2) is 7.43. The number of likely N-dealkylation sites (N-methyl/N-ethyl adjacent to an activating group) is 1. The third kappa shape index (κ3) is 3.55. The highest BCUT2D eigenvalue weighted by molar-refractivity contribution is 5.87. The van der Waals surface area contributed by atoms with Crippen molar-refractivity contribution < 1.29 is 4.79 Å². The third-order valence-electron chi connectivity index (χ3n) is 2.46. The number of rotatable bonds is 3. The maximum absolute atomic E-state index is 11.5. The maximum Gasteiger partial charge on any atom is 0.224 e. The number of carbonyl (C=O) groups excluding carboxylic acids is 1. The molecule has 1 heterocycles. The summed E-state index contributed by atoms with van der Waals surface area (Å²) in [4.78, 5) is 15.8. The fourth-order valence-electron chi connectivity index (χ4n) is 1.74. The van der Waals surface area contributed by atoms with Crippen LogP contribution in [0.3, 0.4) is 0 Å². The summed E-state index contributed by atoms with van der Waals surface area (Å²) < 4.78 is 0. The second-order valence-electron chi connectivity index (χ2n) is 3.62. The summed E-state index contributed by atoms with van der Waals surface area (Å²) >= 11 is 0. The van der Waals surface area contributed by atoms with E-state index < -0.39 is 0 Å². The molecule has 0 aliphatic rings. The van der Waals surface area contributed by atoms with Crippen molar-refractivity contribution in [1.82, 2.24) is 10.3 Å². The first-order valence-electron chi connectivity index (χ1n) is 6.40. The predicted molar refractivity (Wildman–Crippen MR) is 75.5 cm³/mol. The number of para-hydroxylation sites is 1. The average molecular weight is 244 g/mol. The molecule has 0 fully saturated rings. The van der Waals surface area contributed by atoms with Crippen LogP contribution in [0.2, 0.25) is 0 Å². The molecule has 3 nitrogen and oxygen atoms in total. The predicted octanol–water partition coefficient (Wildman–Crippen LogP) is 2.94. The first-order chi connectivity index (χ1) is 8.81. The van der Waals surface area contributed by atoms with Crippen molar-refractivity contribution in [3.8, 4) is 0 Å². The Bertz CT molecular complexity index is 503. The SMILES string of the molecule is CC.CCNC(=O)Cc1ccnc2ccccc12. The van der Waals surface area contributed by atoms with Crippen molar-refractivity contribution in [3.63, 3.8) is 0 Å². The third-order valence-corrected chi connectivity index (χ3v) is 2.46. The zero-order chi connectivity index (χ0) is 13.4. The van der Waals surface area contributed by atoms with Gasteiger partial charge in [0, 0.05) is 18.1 Å². The van der Waals surface area contributed by atoms with Gasteiger partial charge in [0.05, 0.1) is 11.9 Å². The lowest BCUT2D eigenvalue weighted by molar-refractivity contribution is -0.120. The van der Waals surface area contributed by atoms with Gasteiger partial charge in [0.2, 0.25) is 5.91 Å². The van der Waals surface area contributed by atoms with Crippen molar-refractivity contribution in [2.24, 2.45) is 0 Å². The van der Waals surface area contributed by atoms with E-state index in [1.54, 1.807) is 6.20 Å². The minimum atomic E-state index is 0.0545. The number of nitrogens with zero attached hydrogens (tertiary/aromatic N) is 1. The lowest BCUT2D eigenvalue weighted by atomic mass is 10.1. The molecule has 0 aliphatic carbocycles. The van der Waals surface area contributed by atoms with E-state index in [0.717, 1.165) is 16.5 Å². The first-order valence-corrected chi connectivity index (χ1v) is 6.40. The number of hydrogen-bond acceptors (Lipinski definition) is 2. The molecule has 3 heteroatoms. The summed E-state index contributed by atoms with van der Waals surface area (Å²) in [5, 5.41) is 3.85. The van der Waals surface area contributed by atoms with Crippen LogP contribution in [-0.4, -0.2) is 17.4 Å². The Labute approximate surface area is 108 Å². The molecule has 0 unspecified atom stereocenters. The van der Waals surface area contributed by atoms with Gasteiger partial charge in [-0.05, 0) is 24.6 Å². The van der Waals surface area contributed by atoms with E-state index in [-0.39, 0.29) is 5.91 Å². The van der Waals surface area contributed by atoms with Gasteiger partial charge < -0.3 is 5.32 Å². The Balaban J connectivity index is 0.000000771. The molecule has 0 aliphatic heterocycles. The molecule has 0 spiro atoms. The standard InChI is InChI=1S/C13H14N2O.C2H6/c1-2-14-13(16)9-10-7-8-15-12-6-4-3-5-11(10)12;1-2/h3-8H,2,9H2,1H3,(H,14,16);1-2H3. The molecule has 18 heavy (non-hydrogen) atoms. The van der Waals surface area contributed by atoms with Crippen molar-refractivity contribution in [1.29, 1.82) is 0 Å². The van der Waals surface area contributed by atoms with Gasteiger partial charge in [-0.3, -0.25) is 9.78 Å². The Hall–Kier alpha value is -1.90. The summed E-state index contributed by atoms with van der Waals surface area (Å²) in [6, 6.07) is 9.77. The molecule has 1 aromatic heterocycles. The van der Waals surface area contributed by atoms with E-state index in [1.165, 1.54) is 0 Å². The van der Waals surface area contributed by atoms with Gasteiger partial charge in [-0.2, -0.15) is 0 Å². The molecular weight excluding hydrogens is 224 g/mol. The number of fused-ring (bicyclic) bond motifs is 1.